The Morgan fingerprint density at radius 1 is 0.857 bits per heavy atom. The molecule has 184 valence electrons. The molecule has 0 bridgehead atoms. The van der Waals surface area contributed by atoms with Gasteiger partial charge in [-0.2, -0.15) is 0 Å². The maximum absolute atomic E-state index is 13.2. The number of hydrogen-bond acceptors (Lipinski definition) is 4. The zero-order valence-corrected chi connectivity index (χ0v) is 22.1. The van der Waals surface area contributed by atoms with Crippen molar-refractivity contribution in [2.24, 2.45) is 0 Å². The quantitative estimate of drug-likeness (QED) is 0.459. The van der Waals surface area contributed by atoms with Crippen LogP contribution in [0.3, 0.4) is 0 Å². The number of anilines is 2. The molecule has 1 saturated heterocycles. The van der Waals surface area contributed by atoms with Gasteiger partial charge in [-0.1, -0.05) is 41.4 Å². The highest BCUT2D eigenvalue weighted by atomic mass is 35.5. The number of aryl methyl sites for hydroxylation is 3. The fourth-order valence-corrected chi connectivity index (χ4v) is 5.96. The number of hydrogen-bond donors (Lipinski definition) is 1. The summed E-state index contributed by atoms with van der Waals surface area (Å²) >= 11 is 12.4. The third-order valence-electron chi connectivity index (χ3n) is 6.18. The van der Waals surface area contributed by atoms with E-state index in [2.05, 4.69) is 9.62 Å². The summed E-state index contributed by atoms with van der Waals surface area (Å²) in [6, 6.07) is 15.7. The molecule has 35 heavy (non-hydrogen) atoms. The number of halogens is 2. The van der Waals surface area contributed by atoms with E-state index in [0.717, 1.165) is 22.4 Å². The van der Waals surface area contributed by atoms with E-state index in [1.54, 1.807) is 17.0 Å². The molecule has 4 rings (SSSR count). The summed E-state index contributed by atoms with van der Waals surface area (Å²) in [5, 5.41) is 0.731. The van der Waals surface area contributed by atoms with Gasteiger partial charge in [0.1, 0.15) is 4.90 Å². The molecule has 0 saturated carbocycles. The summed E-state index contributed by atoms with van der Waals surface area (Å²) in [4.78, 5) is 17.0. The van der Waals surface area contributed by atoms with Crippen LogP contribution in [0, 0.1) is 20.8 Å². The Kier molecular flexibility index (Phi) is 7.31. The molecule has 3 aromatic rings. The Labute approximate surface area is 216 Å². The fourth-order valence-electron chi connectivity index (χ4n) is 4.14. The van der Waals surface area contributed by atoms with Crippen molar-refractivity contribution in [3.05, 3.63) is 86.9 Å². The number of amides is 1. The molecule has 1 amide bonds. The minimum atomic E-state index is -4.00. The minimum absolute atomic E-state index is 0.0561. The van der Waals surface area contributed by atoms with Gasteiger partial charge in [0, 0.05) is 42.5 Å². The van der Waals surface area contributed by atoms with Crippen LogP contribution in [-0.4, -0.2) is 45.4 Å². The fraction of sp³-hybridized carbons (Fsp3) is 0.269. The maximum atomic E-state index is 13.2. The van der Waals surface area contributed by atoms with E-state index in [1.807, 2.05) is 51.1 Å². The summed E-state index contributed by atoms with van der Waals surface area (Å²) in [7, 11) is -4.00. The Bertz CT molecular complexity index is 1380. The molecule has 0 atom stereocenters. The molecule has 1 aliphatic heterocycles. The van der Waals surface area contributed by atoms with Gasteiger partial charge in [0.05, 0.1) is 10.7 Å². The molecule has 6 nitrogen and oxygen atoms in total. The molecule has 9 heteroatoms. The highest BCUT2D eigenvalue weighted by molar-refractivity contribution is 7.92. The predicted molar refractivity (Wildman–Crippen MR) is 142 cm³/mol. The van der Waals surface area contributed by atoms with Crippen molar-refractivity contribution in [2.45, 2.75) is 25.7 Å². The van der Waals surface area contributed by atoms with Crippen molar-refractivity contribution in [1.82, 2.24) is 4.90 Å². The summed E-state index contributed by atoms with van der Waals surface area (Å²) in [6.45, 7) is 8.07. The van der Waals surface area contributed by atoms with Crippen molar-refractivity contribution < 1.29 is 13.2 Å². The number of benzene rings is 3. The van der Waals surface area contributed by atoms with Crippen LogP contribution >= 0.6 is 23.2 Å². The van der Waals surface area contributed by atoms with E-state index in [1.165, 1.54) is 12.1 Å². The number of rotatable bonds is 5. The monoisotopic (exact) mass is 531 g/mol. The lowest BCUT2D eigenvalue weighted by Gasteiger charge is -2.37. The Morgan fingerprint density at radius 3 is 2.26 bits per heavy atom. The Balaban J connectivity index is 1.52. The standard InChI is InChI=1S/C26H27Cl2N3O3S/c1-17-4-5-18(2)23(14-17)29-35(33,34)25-15-20(7-9-22(25)28)26(32)31-12-10-30(11-13-31)24-16-21(27)8-6-19(24)3/h4-9,14-16,29H,10-13H2,1-3H3. The van der Waals surface area contributed by atoms with Gasteiger partial charge in [0.15, 0.2) is 0 Å². The lowest BCUT2D eigenvalue weighted by atomic mass is 10.1. The highest BCUT2D eigenvalue weighted by Gasteiger charge is 2.26. The minimum Gasteiger partial charge on any atom is -0.368 e. The number of carbonyl (C=O) groups is 1. The first-order valence-electron chi connectivity index (χ1n) is 11.2. The number of carbonyl (C=O) groups excluding carboxylic acids is 1. The summed E-state index contributed by atoms with van der Waals surface area (Å²) < 4.78 is 28.9. The van der Waals surface area contributed by atoms with Crippen molar-refractivity contribution in [3.8, 4) is 0 Å². The van der Waals surface area contributed by atoms with Crippen LogP contribution in [0.2, 0.25) is 10.0 Å². The van der Waals surface area contributed by atoms with Gasteiger partial charge < -0.3 is 9.80 Å². The molecule has 1 aliphatic rings. The number of sulfonamides is 1. The highest BCUT2D eigenvalue weighted by Crippen LogP contribution is 2.29. The summed E-state index contributed by atoms with van der Waals surface area (Å²) in [6.07, 6.45) is 0. The first kappa shape index (κ1) is 25.4. The van der Waals surface area contributed by atoms with Gasteiger partial charge in [0.2, 0.25) is 0 Å². The molecular formula is C26H27Cl2N3O3S. The van der Waals surface area contributed by atoms with E-state index in [9.17, 15) is 13.2 Å². The molecule has 0 aliphatic carbocycles. The van der Waals surface area contributed by atoms with E-state index in [0.29, 0.717) is 36.9 Å². The topological polar surface area (TPSA) is 69.7 Å². The predicted octanol–water partition coefficient (Wildman–Crippen LogP) is 5.68. The average molecular weight is 532 g/mol. The van der Waals surface area contributed by atoms with E-state index >= 15 is 0 Å². The van der Waals surface area contributed by atoms with E-state index in [4.69, 9.17) is 23.2 Å². The summed E-state index contributed by atoms with van der Waals surface area (Å²) in [5.41, 5.74) is 4.65. The van der Waals surface area contributed by atoms with E-state index in [-0.39, 0.29) is 21.4 Å². The smallest absolute Gasteiger partial charge is 0.263 e. The third kappa shape index (κ3) is 5.58. The second-order valence-electron chi connectivity index (χ2n) is 8.78. The van der Waals surface area contributed by atoms with Gasteiger partial charge in [-0.15, -0.1) is 0 Å². The molecule has 0 radical (unpaired) electrons. The van der Waals surface area contributed by atoms with Crippen LogP contribution in [0.1, 0.15) is 27.0 Å². The van der Waals surface area contributed by atoms with Gasteiger partial charge >= 0.3 is 0 Å². The van der Waals surface area contributed by atoms with Crippen LogP contribution < -0.4 is 9.62 Å². The van der Waals surface area contributed by atoms with Crippen LogP contribution in [0.4, 0.5) is 11.4 Å². The molecule has 1 N–H and O–H groups in total. The van der Waals surface area contributed by atoms with Crippen LogP contribution in [0.15, 0.2) is 59.5 Å². The zero-order chi connectivity index (χ0) is 25.3. The Hall–Kier alpha value is -2.74. The number of piperazine rings is 1. The van der Waals surface area contributed by atoms with Crippen molar-refractivity contribution in [2.75, 3.05) is 35.8 Å². The molecule has 0 unspecified atom stereocenters. The number of nitrogens with zero attached hydrogens (tertiary/aromatic N) is 2. The Morgan fingerprint density at radius 2 is 1.54 bits per heavy atom. The molecule has 1 fully saturated rings. The van der Waals surface area contributed by atoms with Gasteiger partial charge in [-0.3, -0.25) is 9.52 Å². The molecule has 0 spiro atoms. The molecular weight excluding hydrogens is 505 g/mol. The van der Waals surface area contributed by atoms with Crippen LogP contribution in [0.5, 0.6) is 0 Å². The lowest BCUT2D eigenvalue weighted by Crippen LogP contribution is -2.49. The molecule has 1 heterocycles. The molecule has 0 aromatic heterocycles. The van der Waals surface area contributed by atoms with E-state index < -0.39 is 10.0 Å². The zero-order valence-electron chi connectivity index (χ0n) is 19.8. The lowest BCUT2D eigenvalue weighted by molar-refractivity contribution is 0.0746. The first-order chi connectivity index (χ1) is 16.5. The SMILES string of the molecule is Cc1ccc(C)c(NS(=O)(=O)c2cc(C(=O)N3CCN(c4cc(Cl)ccc4C)CC3)ccc2Cl)c1. The average Bonchev–Trinajstić information content (AvgIpc) is 2.82. The van der Waals surface area contributed by atoms with Crippen molar-refractivity contribution in [3.63, 3.8) is 0 Å². The second-order valence-corrected chi connectivity index (χ2v) is 11.3. The van der Waals surface area contributed by atoms with Crippen LogP contribution in [0.25, 0.3) is 0 Å². The van der Waals surface area contributed by atoms with Gasteiger partial charge in [-0.05, 0) is 73.9 Å². The third-order valence-corrected chi connectivity index (χ3v) is 8.27. The van der Waals surface area contributed by atoms with Gasteiger partial charge in [0.25, 0.3) is 15.9 Å². The van der Waals surface area contributed by atoms with Crippen LogP contribution in [-0.2, 0) is 10.0 Å². The maximum Gasteiger partial charge on any atom is 0.263 e. The van der Waals surface area contributed by atoms with Crippen molar-refractivity contribution >= 4 is 50.5 Å². The first-order valence-corrected chi connectivity index (χ1v) is 13.5. The summed E-state index contributed by atoms with van der Waals surface area (Å²) in [5.74, 6) is -0.229. The number of nitrogens with one attached hydrogen (secondary N) is 1. The van der Waals surface area contributed by atoms with Gasteiger partial charge in [-0.25, -0.2) is 8.42 Å². The largest absolute Gasteiger partial charge is 0.368 e. The van der Waals surface area contributed by atoms with Crippen molar-refractivity contribution in [1.29, 1.82) is 0 Å². The normalized spacial score (nSPS) is 14.2. The second kappa shape index (κ2) is 10.1. The molecule has 3 aromatic carbocycles.